The van der Waals surface area contributed by atoms with Crippen molar-refractivity contribution in [1.82, 2.24) is 0 Å². The van der Waals surface area contributed by atoms with E-state index >= 15 is 0 Å². The van der Waals surface area contributed by atoms with E-state index in [0.29, 0.717) is 24.4 Å². The van der Waals surface area contributed by atoms with E-state index in [2.05, 4.69) is 67.3 Å². The molecule has 0 radical (unpaired) electrons. The first kappa shape index (κ1) is 27.1. The van der Waals surface area contributed by atoms with E-state index in [1.807, 2.05) is 18.2 Å². The van der Waals surface area contributed by atoms with Crippen LogP contribution in [0, 0.1) is 11.8 Å². The summed E-state index contributed by atoms with van der Waals surface area (Å²) in [5, 5.41) is 9.37. The summed E-state index contributed by atoms with van der Waals surface area (Å²) >= 11 is 0. The molecule has 0 spiro atoms. The zero-order valence-corrected chi connectivity index (χ0v) is 23.4. The average Bonchev–Trinajstić information content (AvgIpc) is 3.80. The van der Waals surface area contributed by atoms with E-state index in [0.717, 1.165) is 55.8 Å². The maximum atomic E-state index is 11.4. The van der Waals surface area contributed by atoms with E-state index in [-0.39, 0.29) is 12.3 Å². The molecule has 1 atom stereocenters. The highest BCUT2D eigenvalue weighted by Crippen LogP contribution is 2.45. The summed E-state index contributed by atoms with van der Waals surface area (Å²) in [6, 6.07) is 23.5. The molecule has 1 aliphatic heterocycles. The lowest BCUT2D eigenvalue weighted by atomic mass is 9.91. The van der Waals surface area contributed by atoms with Crippen LogP contribution >= 0.6 is 0 Å². The van der Waals surface area contributed by atoms with E-state index in [1.54, 1.807) is 7.11 Å². The van der Waals surface area contributed by atoms with Crippen molar-refractivity contribution < 1.29 is 19.4 Å². The molecule has 0 aromatic heterocycles. The summed E-state index contributed by atoms with van der Waals surface area (Å²) in [6.45, 7) is 7.08. The van der Waals surface area contributed by atoms with Crippen LogP contribution in [0.4, 0.5) is 5.69 Å². The van der Waals surface area contributed by atoms with Crippen LogP contribution in [0.5, 0.6) is 11.5 Å². The Hall–Kier alpha value is -3.47. The molecule has 5 nitrogen and oxygen atoms in total. The second-order valence-corrected chi connectivity index (χ2v) is 11.5. The van der Waals surface area contributed by atoms with Gasteiger partial charge in [0.05, 0.1) is 20.1 Å². The van der Waals surface area contributed by atoms with Gasteiger partial charge in [-0.2, -0.15) is 0 Å². The van der Waals surface area contributed by atoms with Gasteiger partial charge in [0.15, 0.2) is 0 Å². The number of benzene rings is 3. The van der Waals surface area contributed by atoms with E-state index in [9.17, 15) is 9.90 Å². The minimum absolute atomic E-state index is 0.0907. The smallest absolute Gasteiger partial charge is 0.303 e. The van der Waals surface area contributed by atoms with Crippen LogP contribution in [0.1, 0.15) is 68.9 Å². The van der Waals surface area contributed by atoms with Crippen LogP contribution in [-0.2, 0) is 4.79 Å². The number of anilines is 1. The van der Waals surface area contributed by atoms with Gasteiger partial charge in [-0.1, -0.05) is 50.2 Å². The van der Waals surface area contributed by atoms with Gasteiger partial charge in [-0.15, -0.1) is 0 Å². The lowest BCUT2D eigenvalue weighted by Gasteiger charge is -2.35. The first-order valence-electron chi connectivity index (χ1n) is 14.4. The molecule has 39 heavy (non-hydrogen) atoms. The maximum absolute atomic E-state index is 11.4. The number of carbonyl (C=O) groups is 1. The summed E-state index contributed by atoms with van der Waals surface area (Å²) < 4.78 is 11.8. The van der Waals surface area contributed by atoms with Crippen molar-refractivity contribution in [3.8, 4) is 22.6 Å². The van der Waals surface area contributed by atoms with Gasteiger partial charge in [-0.3, -0.25) is 4.79 Å². The molecule has 5 heteroatoms. The Morgan fingerprint density at radius 1 is 0.923 bits per heavy atom. The van der Waals surface area contributed by atoms with Gasteiger partial charge in [0.25, 0.3) is 0 Å². The number of ether oxygens (including phenoxy) is 2. The maximum Gasteiger partial charge on any atom is 0.303 e. The third kappa shape index (κ3) is 6.76. The van der Waals surface area contributed by atoms with Crippen LogP contribution in [0.2, 0.25) is 0 Å². The Labute approximate surface area is 232 Å². The largest absolute Gasteiger partial charge is 0.497 e. The van der Waals surface area contributed by atoms with Crippen LogP contribution in [0.15, 0.2) is 66.7 Å². The molecule has 1 heterocycles. The zero-order valence-electron chi connectivity index (χ0n) is 23.4. The van der Waals surface area contributed by atoms with Gasteiger partial charge in [0.1, 0.15) is 11.5 Å². The highest BCUT2D eigenvalue weighted by Gasteiger charge is 2.34. The number of hydrogen-bond acceptors (Lipinski definition) is 4. The standard InChI is InChI=1S/C34H41NO4/c1-23(2)25-7-9-26(10-8-25)31-14-13-29(38-3)20-33(31)35-17-15-24(16-18-35)22-39-30-6-4-5-28(19-30)32(21-34(36)37)27-11-12-27/h4-10,13-14,19-20,23-24,27,32H,11-12,15-18,21-22H2,1-3H3,(H,36,37)/t32-/m0/s1. The van der Waals surface area contributed by atoms with Crippen LogP contribution < -0.4 is 14.4 Å². The first-order valence-corrected chi connectivity index (χ1v) is 14.4. The van der Waals surface area contributed by atoms with Gasteiger partial charge in [-0.05, 0) is 90.3 Å². The molecule has 3 aromatic carbocycles. The number of carboxylic acids is 1. The predicted octanol–water partition coefficient (Wildman–Crippen LogP) is 7.75. The second-order valence-electron chi connectivity index (χ2n) is 11.5. The number of methoxy groups -OCH3 is 1. The quantitative estimate of drug-likeness (QED) is 0.276. The normalized spacial score (nSPS) is 16.8. The molecule has 2 fully saturated rings. The van der Waals surface area contributed by atoms with E-state index in [4.69, 9.17) is 9.47 Å². The molecule has 2 aliphatic rings. The van der Waals surface area contributed by atoms with Gasteiger partial charge in [0, 0.05) is 30.4 Å². The molecule has 5 rings (SSSR count). The number of rotatable bonds is 11. The van der Waals surface area contributed by atoms with Crippen molar-refractivity contribution >= 4 is 11.7 Å². The molecular weight excluding hydrogens is 486 g/mol. The van der Waals surface area contributed by atoms with Crippen molar-refractivity contribution in [3.63, 3.8) is 0 Å². The summed E-state index contributed by atoms with van der Waals surface area (Å²) in [5.41, 5.74) is 6.14. The Morgan fingerprint density at radius 3 is 2.31 bits per heavy atom. The van der Waals surface area contributed by atoms with Crippen molar-refractivity contribution in [1.29, 1.82) is 0 Å². The molecule has 1 saturated carbocycles. The molecular formula is C34H41NO4. The SMILES string of the molecule is COc1ccc(-c2ccc(C(C)C)cc2)c(N2CCC(COc3cccc([C@@H](CC(=O)O)C4CC4)c3)CC2)c1. The van der Waals surface area contributed by atoms with Gasteiger partial charge >= 0.3 is 5.97 Å². The molecule has 0 unspecified atom stereocenters. The van der Waals surface area contributed by atoms with Crippen LogP contribution in [0.25, 0.3) is 11.1 Å². The van der Waals surface area contributed by atoms with Crippen LogP contribution in [0.3, 0.4) is 0 Å². The summed E-state index contributed by atoms with van der Waals surface area (Å²) in [5.74, 6) is 2.60. The number of carboxylic acid groups (broad SMARTS) is 1. The molecule has 0 bridgehead atoms. The fourth-order valence-electron chi connectivity index (χ4n) is 5.82. The lowest BCUT2D eigenvalue weighted by molar-refractivity contribution is -0.137. The topological polar surface area (TPSA) is 59.0 Å². The number of nitrogens with zero attached hydrogens (tertiary/aromatic N) is 1. The van der Waals surface area contributed by atoms with Crippen molar-refractivity contribution in [2.45, 2.75) is 57.8 Å². The molecule has 0 amide bonds. The van der Waals surface area contributed by atoms with Crippen molar-refractivity contribution in [3.05, 3.63) is 77.9 Å². The zero-order chi connectivity index (χ0) is 27.4. The lowest BCUT2D eigenvalue weighted by Crippen LogP contribution is -2.35. The fourth-order valence-corrected chi connectivity index (χ4v) is 5.82. The number of piperidine rings is 1. The Kier molecular flexibility index (Phi) is 8.44. The Morgan fingerprint density at radius 2 is 1.67 bits per heavy atom. The minimum Gasteiger partial charge on any atom is -0.497 e. The fraction of sp³-hybridized carbons (Fsp3) is 0.441. The molecule has 3 aromatic rings. The summed E-state index contributed by atoms with van der Waals surface area (Å²) in [6.07, 6.45) is 4.57. The predicted molar refractivity (Wildman–Crippen MR) is 157 cm³/mol. The highest BCUT2D eigenvalue weighted by molar-refractivity contribution is 5.80. The van der Waals surface area contributed by atoms with Gasteiger partial charge in [0.2, 0.25) is 0 Å². The summed E-state index contributed by atoms with van der Waals surface area (Å²) in [7, 11) is 1.73. The van der Waals surface area contributed by atoms with Gasteiger partial charge < -0.3 is 19.5 Å². The molecule has 1 aliphatic carbocycles. The Bertz CT molecular complexity index is 1260. The molecule has 1 saturated heterocycles. The van der Waals surface area contributed by atoms with Crippen LogP contribution in [-0.4, -0.2) is 37.9 Å². The molecule has 1 N–H and O–H groups in total. The summed E-state index contributed by atoms with van der Waals surface area (Å²) in [4.78, 5) is 13.9. The number of aliphatic carboxylic acids is 1. The molecule has 206 valence electrons. The van der Waals surface area contributed by atoms with Gasteiger partial charge in [-0.25, -0.2) is 0 Å². The highest BCUT2D eigenvalue weighted by atomic mass is 16.5. The minimum atomic E-state index is -0.725. The second kappa shape index (κ2) is 12.1. The average molecular weight is 528 g/mol. The van der Waals surface area contributed by atoms with E-state index < -0.39 is 5.97 Å². The van der Waals surface area contributed by atoms with E-state index in [1.165, 1.54) is 22.4 Å². The Balaban J connectivity index is 1.22. The first-order chi connectivity index (χ1) is 18.9. The third-order valence-electron chi connectivity index (χ3n) is 8.41. The number of hydrogen-bond donors (Lipinski definition) is 1. The third-order valence-corrected chi connectivity index (χ3v) is 8.41. The van der Waals surface area contributed by atoms with Crippen molar-refractivity contribution in [2.24, 2.45) is 11.8 Å². The van der Waals surface area contributed by atoms with Crippen molar-refractivity contribution in [2.75, 3.05) is 31.7 Å². The monoisotopic (exact) mass is 527 g/mol.